The Hall–Kier alpha value is -2.08. The molecule has 0 fully saturated rings. The molecule has 0 radical (unpaired) electrons. The SMILES string of the molecule is NC(=O)c1cc(C[C@H](N)C(=O)O)ccc1O. The minimum atomic E-state index is -1.13. The van der Waals surface area contributed by atoms with Crippen molar-refractivity contribution in [2.24, 2.45) is 11.5 Å². The standard InChI is InChI=1S/C10H12N2O4/c11-7(10(15)16)4-5-1-2-8(13)6(3-5)9(12)14/h1-3,7,13H,4,11H2,(H2,12,14)(H,15,16)/t7-/m0/s1. The molecule has 0 spiro atoms. The van der Waals surface area contributed by atoms with Gasteiger partial charge < -0.3 is 21.7 Å². The Kier molecular flexibility index (Phi) is 3.47. The fourth-order valence-corrected chi connectivity index (χ4v) is 1.25. The summed E-state index contributed by atoms with van der Waals surface area (Å²) >= 11 is 0. The van der Waals surface area contributed by atoms with Gasteiger partial charge >= 0.3 is 5.97 Å². The summed E-state index contributed by atoms with van der Waals surface area (Å²) in [6.45, 7) is 0. The molecule has 0 aliphatic rings. The summed E-state index contributed by atoms with van der Waals surface area (Å²) in [7, 11) is 0. The maximum Gasteiger partial charge on any atom is 0.320 e. The minimum absolute atomic E-state index is 0.0462. The Morgan fingerprint density at radius 3 is 2.50 bits per heavy atom. The summed E-state index contributed by atoms with van der Waals surface area (Å²) in [4.78, 5) is 21.4. The Morgan fingerprint density at radius 2 is 2.00 bits per heavy atom. The van der Waals surface area contributed by atoms with E-state index in [0.717, 1.165) is 0 Å². The van der Waals surface area contributed by atoms with Gasteiger partial charge in [-0.25, -0.2) is 0 Å². The fraction of sp³-hybridized carbons (Fsp3) is 0.200. The molecule has 0 heterocycles. The molecule has 0 bridgehead atoms. The van der Waals surface area contributed by atoms with Crippen LogP contribution in [0.3, 0.4) is 0 Å². The molecule has 1 aromatic carbocycles. The molecule has 1 atom stereocenters. The summed E-state index contributed by atoms with van der Waals surface area (Å²) in [6.07, 6.45) is 0.0654. The number of benzene rings is 1. The van der Waals surface area contributed by atoms with Crippen LogP contribution >= 0.6 is 0 Å². The number of aromatic hydroxyl groups is 1. The summed E-state index contributed by atoms with van der Waals surface area (Å²) in [5.74, 6) is -2.14. The van der Waals surface area contributed by atoms with Gasteiger partial charge in [0.1, 0.15) is 11.8 Å². The molecule has 0 saturated carbocycles. The zero-order valence-corrected chi connectivity index (χ0v) is 8.38. The molecule has 0 aliphatic heterocycles. The summed E-state index contributed by atoms with van der Waals surface area (Å²) < 4.78 is 0. The summed E-state index contributed by atoms with van der Waals surface area (Å²) in [5.41, 5.74) is 10.8. The number of carboxylic acids is 1. The van der Waals surface area contributed by atoms with Gasteiger partial charge in [-0.05, 0) is 24.1 Å². The number of phenols is 1. The molecular formula is C10H12N2O4. The third-order valence-electron chi connectivity index (χ3n) is 2.10. The van der Waals surface area contributed by atoms with Crippen LogP contribution in [0.25, 0.3) is 0 Å². The third-order valence-corrected chi connectivity index (χ3v) is 2.10. The smallest absolute Gasteiger partial charge is 0.320 e. The zero-order valence-electron chi connectivity index (χ0n) is 8.38. The topological polar surface area (TPSA) is 127 Å². The quantitative estimate of drug-likeness (QED) is 0.545. The lowest BCUT2D eigenvalue weighted by atomic mass is 10.0. The maximum absolute atomic E-state index is 10.9. The number of rotatable bonds is 4. The highest BCUT2D eigenvalue weighted by Crippen LogP contribution is 2.18. The van der Waals surface area contributed by atoms with Gasteiger partial charge in [-0.2, -0.15) is 0 Å². The van der Waals surface area contributed by atoms with Gasteiger partial charge in [0.2, 0.25) is 0 Å². The molecule has 0 aliphatic carbocycles. The van der Waals surface area contributed by atoms with Crippen LogP contribution in [0, 0.1) is 0 Å². The van der Waals surface area contributed by atoms with E-state index in [-0.39, 0.29) is 17.7 Å². The number of hydrogen-bond acceptors (Lipinski definition) is 4. The number of primary amides is 1. The van der Waals surface area contributed by atoms with Gasteiger partial charge in [0.05, 0.1) is 5.56 Å². The average molecular weight is 224 g/mol. The molecule has 0 saturated heterocycles. The van der Waals surface area contributed by atoms with E-state index in [9.17, 15) is 14.7 Å². The average Bonchev–Trinajstić information content (AvgIpc) is 2.20. The van der Waals surface area contributed by atoms with E-state index in [1.54, 1.807) is 0 Å². The van der Waals surface area contributed by atoms with Crippen LogP contribution in [0.5, 0.6) is 5.75 Å². The first-order valence-electron chi connectivity index (χ1n) is 4.52. The van der Waals surface area contributed by atoms with Crippen LogP contribution < -0.4 is 11.5 Å². The third kappa shape index (κ3) is 2.71. The van der Waals surface area contributed by atoms with Gasteiger partial charge in [0, 0.05) is 0 Å². The van der Waals surface area contributed by atoms with Crippen LogP contribution in [0.2, 0.25) is 0 Å². The van der Waals surface area contributed by atoms with Crippen molar-refractivity contribution in [3.63, 3.8) is 0 Å². The van der Waals surface area contributed by atoms with Gasteiger partial charge in [-0.1, -0.05) is 6.07 Å². The number of hydrogen-bond donors (Lipinski definition) is 4. The lowest BCUT2D eigenvalue weighted by Gasteiger charge is -2.08. The van der Waals surface area contributed by atoms with E-state index in [1.165, 1.54) is 18.2 Å². The number of carboxylic acid groups (broad SMARTS) is 1. The van der Waals surface area contributed by atoms with Crippen LogP contribution in [0.1, 0.15) is 15.9 Å². The highest BCUT2D eigenvalue weighted by molar-refractivity contribution is 5.95. The van der Waals surface area contributed by atoms with Crippen molar-refractivity contribution < 1.29 is 19.8 Å². The normalized spacial score (nSPS) is 12.1. The number of aliphatic carboxylic acids is 1. The van der Waals surface area contributed by atoms with E-state index < -0.39 is 17.9 Å². The number of amides is 1. The minimum Gasteiger partial charge on any atom is -0.507 e. The maximum atomic E-state index is 10.9. The van der Waals surface area contributed by atoms with Crippen molar-refractivity contribution in [3.8, 4) is 5.75 Å². The lowest BCUT2D eigenvalue weighted by molar-refractivity contribution is -0.138. The van der Waals surface area contributed by atoms with E-state index in [1.807, 2.05) is 0 Å². The monoisotopic (exact) mass is 224 g/mol. The Labute approximate surface area is 91.5 Å². The van der Waals surface area contributed by atoms with Crippen molar-refractivity contribution in [2.75, 3.05) is 0 Å². The first kappa shape index (κ1) is 12.0. The Bertz CT molecular complexity index is 431. The predicted molar refractivity (Wildman–Crippen MR) is 55.9 cm³/mol. The van der Waals surface area contributed by atoms with Crippen molar-refractivity contribution in [2.45, 2.75) is 12.5 Å². The van der Waals surface area contributed by atoms with Gasteiger partial charge in [0.15, 0.2) is 0 Å². The fourth-order valence-electron chi connectivity index (χ4n) is 1.25. The van der Waals surface area contributed by atoms with E-state index in [2.05, 4.69) is 0 Å². The van der Waals surface area contributed by atoms with Crippen molar-refractivity contribution in [1.82, 2.24) is 0 Å². The largest absolute Gasteiger partial charge is 0.507 e. The van der Waals surface area contributed by atoms with Crippen molar-refractivity contribution >= 4 is 11.9 Å². The molecule has 16 heavy (non-hydrogen) atoms. The van der Waals surface area contributed by atoms with Gasteiger partial charge in [-0.3, -0.25) is 9.59 Å². The van der Waals surface area contributed by atoms with Crippen molar-refractivity contribution in [3.05, 3.63) is 29.3 Å². The highest BCUT2D eigenvalue weighted by Gasteiger charge is 2.14. The predicted octanol–water partition coefficient (Wildman–Crippen LogP) is -0.554. The Morgan fingerprint density at radius 1 is 1.38 bits per heavy atom. The van der Waals surface area contributed by atoms with E-state index in [0.29, 0.717) is 5.56 Å². The first-order valence-corrected chi connectivity index (χ1v) is 4.52. The first-order chi connectivity index (χ1) is 7.41. The molecule has 0 unspecified atom stereocenters. The summed E-state index contributed by atoms with van der Waals surface area (Å²) in [5, 5.41) is 17.9. The highest BCUT2D eigenvalue weighted by atomic mass is 16.4. The lowest BCUT2D eigenvalue weighted by Crippen LogP contribution is -2.32. The molecule has 1 aromatic rings. The molecule has 86 valence electrons. The van der Waals surface area contributed by atoms with Crippen LogP contribution in [0.4, 0.5) is 0 Å². The zero-order chi connectivity index (χ0) is 12.3. The Balaban J connectivity index is 2.95. The molecular weight excluding hydrogens is 212 g/mol. The van der Waals surface area contributed by atoms with Crippen LogP contribution in [0.15, 0.2) is 18.2 Å². The second-order valence-corrected chi connectivity index (χ2v) is 3.36. The van der Waals surface area contributed by atoms with E-state index >= 15 is 0 Å². The van der Waals surface area contributed by atoms with E-state index in [4.69, 9.17) is 16.6 Å². The number of carbonyl (C=O) groups excluding carboxylic acids is 1. The van der Waals surface area contributed by atoms with Crippen LogP contribution in [-0.4, -0.2) is 28.1 Å². The van der Waals surface area contributed by atoms with Gasteiger partial charge in [-0.15, -0.1) is 0 Å². The molecule has 1 rings (SSSR count). The summed E-state index contributed by atoms with van der Waals surface area (Å²) in [6, 6.07) is 3.06. The second-order valence-electron chi connectivity index (χ2n) is 3.36. The number of nitrogens with two attached hydrogens (primary N) is 2. The second kappa shape index (κ2) is 4.63. The van der Waals surface area contributed by atoms with Crippen LogP contribution in [-0.2, 0) is 11.2 Å². The van der Waals surface area contributed by atoms with Crippen molar-refractivity contribution in [1.29, 1.82) is 0 Å². The molecule has 0 aromatic heterocycles. The molecule has 6 nitrogen and oxygen atoms in total. The number of carbonyl (C=O) groups is 2. The molecule has 6 heteroatoms. The molecule has 6 N–H and O–H groups in total. The van der Waals surface area contributed by atoms with Gasteiger partial charge in [0.25, 0.3) is 5.91 Å². The molecule has 1 amide bonds.